The second kappa shape index (κ2) is 8.30. The molecule has 0 radical (unpaired) electrons. The Labute approximate surface area is 111 Å². The van der Waals surface area contributed by atoms with Crippen molar-refractivity contribution in [3.63, 3.8) is 0 Å². The van der Waals surface area contributed by atoms with Crippen LogP contribution < -0.4 is 5.32 Å². The SMILES string of the molecule is c1cn(CCCCNC2CCCCCCC2)cn1. The molecule has 1 heterocycles. The van der Waals surface area contributed by atoms with Crippen molar-refractivity contribution < 1.29 is 0 Å². The Morgan fingerprint density at radius 1 is 1.06 bits per heavy atom. The molecule has 0 amide bonds. The van der Waals surface area contributed by atoms with Crippen molar-refractivity contribution in [3.8, 4) is 0 Å². The zero-order valence-corrected chi connectivity index (χ0v) is 11.5. The summed E-state index contributed by atoms with van der Waals surface area (Å²) in [5.74, 6) is 0. The maximum Gasteiger partial charge on any atom is 0.0945 e. The van der Waals surface area contributed by atoms with Gasteiger partial charge in [-0.1, -0.05) is 32.1 Å². The fraction of sp³-hybridized carbons (Fsp3) is 0.800. The number of nitrogens with zero attached hydrogens (tertiary/aromatic N) is 2. The van der Waals surface area contributed by atoms with Gasteiger partial charge in [-0.05, 0) is 32.2 Å². The number of nitrogens with one attached hydrogen (secondary N) is 1. The maximum absolute atomic E-state index is 4.06. The highest BCUT2D eigenvalue weighted by Crippen LogP contribution is 2.17. The normalized spacial score (nSPS) is 18.4. The lowest BCUT2D eigenvalue weighted by molar-refractivity contribution is 0.385. The summed E-state index contributed by atoms with van der Waals surface area (Å²) in [7, 11) is 0. The average Bonchev–Trinajstić information content (AvgIpc) is 2.84. The number of unbranched alkanes of at least 4 members (excludes halogenated alkanes) is 1. The summed E-state index contributed by atoms with van der Waals surface area (Å²) in [6, 6.07) is 0.790. The van der Waals surface area contributed by atoms with E-state index in [1.165, 1.54) is 64.3 Å². The lowest BCUT2D eigenvalue weighted by Crippen LogP contribution is -2.30. The van der Waals surface area contributed by atoms with Gasteiger partial charge in [0.05, 0.1) is 6.33 Å². The number of hydrogen-bond donors (Lipinski definition) is 1. The predicted molar refractivity (Wildman–Crippen MR) is 75.6 cm³/mol. The van der Waals surface area contributed by atoms with Crippen molar-refractivity contribution in [1.29, 1.82) is 0 Å². The van der Waals surface area contributed by atoms with Crippen LogP contribution in [0.1, 0.15) is 57.8 Å². The van der Waals surface area contributed by atoms with Crippen LogP contribution >= 0.6 is 0 Å². The molecule has 1 aromatic heterocycles. The van der Waals surface area contributed by atoms with Gasteiger partial charge in [-0.3, -0.25) is 0 Å². The largest absolute Gasteiger partial charge is 0.337 e. The van der Waals surface area contributed by atoms with E-state index in [0.29, 0.717) is 0 Å². The van der Waals surface area contributed by atoms with Crippen LogP contribution in [0.4, 0.5) is 0 Å². The van der Waals surface area contributed by atoms with Crippen molar-refractivity contribution in [1.82, 2.24) is 14.9 Å². The van der Waals surface area contributed by atoms with Gasteiger partial charge >= 0.3 is 0 Å². The van der Waals surface area contributed by atoms with E-state index in [2.05, 4.69) is 14.9 Å². The molecule has 18 heavy (non-hydrogen) atoms. The minimum atomic E-state index is 0.790. The van der Waals surface area contributed by atoms with Crippen molar-refractivity contribution >= 4 is 0 Å². The third-order valence-electron chi connectivity index (χ3n) is 3.94. The third kappa shape index (κ3) is 5.21. The minimum absolute atomic E-state index is 0.790. The quantitative estimate of drug-likeness (QED) is 0.783. The summed E-state index contributed by atoms with van der Waals surface area (Å²) >= 11 is 0. The number of rotatable bonds is 6. The Hall–Kier alpha value is -0.830. The Morgan fingerprint density at radius 2 is 1.83 bits per heavy atom. The first-order valence-electron chi connectivity index (χ1n) is 7.64. The molecule has 0 aliphatic heterocycles. The van der Waals surface area contributed by atoms with Gasteiger partial charge in [0, 0.05) is 25.0 Å². The topological polar surface area (TPSA) is 29.9 Å². The van der Waals surface area contributed by atoms with Crippen molar-refractivity contribution in [2.24, 2.45) is 0 Å². The molecule has 1 fully saturated rings. The zero-order chi connectivity index (χ0) is 12.5. The van der Waals surface area contributed by atoms with Gasteiger partial charge in [0.2, 0.25) is 0 Å². The smallest absolute Gasteiger partial charge is 0.0945 e. The molecule has 0 atom stereocenters. The van der Waals surface area contributed by atoms with Crippen LogP contribution in [-0.2, 0) is 6.54 Å². The number of imidazole rings is 1. The maximum atomic E-state index is 4.06. The molecule has 1 N–H and O–H groups in total. The average molecular weight is 249 g/mol. The van der Waals surface area contributed by atoms with E-state index < -0.39 is 0 Å². The summed E-state index contributed by atoms with van der Waals surface area (Å²) < 4.78 is 2.16. The number of aromatic nitrogens is 2. The van der Waals surface area contributed by atoms with E-state index in [9.17, 15) is 0 Å². The molecular formula is C15H27N3. The Balaban J connectivity index is 1.51. The molecule has 3 nitrogen and oxygen atoms in total. The Kier molecular flexibility index (Phi) is 6.27. The third-order valence-corrected chi connectivity index (χ3v) is 3.94. The highest BCUT2D eigenvalue weighted by Gasteiger charge is 2.09. The van der Waals surface area contributed by atoms with E-state index in [1.54, 1.807) is 0 Å². The Morgan fingerprint density at radius 3 is 2.56 bits per heavy atom. The second-order valence-electron chi connectivity index (χ2n) is 5.50. The highest BCUT2D eigenvalue weighted by atomic mass is 15.0. The summed E-state index contributed by atoms with van der Waals surface area (Å²) in [6.45, 7) is 2.28. The van der Waals surface area contributed by atoms with Crippen LogP contribution in [0.25, 0.3) is 0 Å². The standard InChI is InChI=1S/C15H27N3/c1-2-4-8-15(9-5-3-1)17-10-6-7-12-18-13-11-16-14-18/h11,13-15,17H,1-10,12H2. The number of hydrogen-bond acceptors (Lipinski definition) is 2. The van der Waals surface area contributed by atoms with Gasteiger partial charge in [0.15, 0.2) is 0 Å². The summed E-state index contributed by atoms with van der Waals surface area (Å²) in [5.41, 5.74) is 0. The van der Waals surface area contributed by atoms with E-state index >= 15 is 0 Å². The van der Waals surface area contributed by atoms with Crippen LogP contribution in [0.2, 0.25) is 0 Å². The first-order valence-corrected chi connectivity index (χ1v) is 7.64. The lowest BCUT2D eigenvalue weighted by atomic mass is 9.97. The van der Waals surface area contributed by atoms with Crippen LogP contribution in [0.5, 0.6) is 0 Å². The van der Waals surface area contributed by atoms with Crippen molar-refractivity contribution in [2.45, 2.75) is 70.4 Å². The highest BCUT2D eigenvalue weighted by molar-refractivity contribution is 4.74. The number of aryl methyl sites for hydroxylation is 1. The zero-order valence-electron chi connectivity index (χ0n) is 11.5. The van der Waals surface area contributed by atoms with E-state index in [1.807, 2.05) is 18.7 Å². The molecule has 102 valence electrons. The van der Waals surface area contributed by atoms with Gasteiger partial charge in [-0.15, -0.1) is 0 Å². The van der Waals surface area contributed by atoms with Crippen LogP contribution in [0.3, 0.4) is 0 Å². The van der Waals surface area contributed by atoms with Crippen molar-refractivity contribution in [2.75, 3.05) is 6.54 Å². The lowest BCUT2D eigenvalue weighted by Gasteiger charge is -2.21. The molecule has 0 unspecified atom stereocenters. The van der Waals surface area contributed by atoms with Gasteiger partial charge in [-0.25, -0.2) is 4.98 Å². The molecule has 0 spiro atoms. The Bertz CT molecular complexity index is 287. The van der Waals surface area contributed by atoms with E-state index in [-0.39, 0.29) is 0 Å². The van der Waals surface area contributed by atoms with Crippen LogP contribution in [0.15, 0.2) is 18.7 Å². The van der Waals surface area contributed by atoms with E-state index in [4.69, 9.17) is 0 Å². The molecule has 1 aliphatic carbocycles. The minimum Gasteiger partial charge on any atom is -0.337 e. The van der Waals surface area contributed by atoms with Gasteiger partial charge in [0.1, 0.15) is 0 Å². The monoisotopic (exact) mass is 249 g/mol. The summed E-state index contributed by atoms with van der Waals surface area (Å²) in [4.78, 5) is 4.06. The second-order valence-corrected chi connectivity index (χ2v) is 5.50. The molecule has 1 saturated carbocycles. The van der Waals surface area contributed by atoms with Crippen LogP contribution in [0, 0.1) is 0 Å². The predicted octanol–water partition coefficient (Wildman–Crippen LogP) is 3.37. The van der Waals surface area contributed by atoms with Gasteiger partial charge in [-0.2, -0.15) is 0 Å². The fourth-order valence-corrected chi connectivity index (χ4v) is 2.80. The molecule has 0 saturated heterocycles. The van der Waals surface area contributed by atoms with E-state index in [0.717, 1.165) is 12.6 Å². The van der Waals surface area contributed by atoms with Gasteiger partial charge in [0.25, 0.3) is 0 Å². The first-order chi connectivity index (χ1) is 8.95. The molecule has 2 rings (SSSR count). The summed E-state index contributed by atoms with van der Waals surface area (Å²) in [6.07, 6.45) is 18.3. The summed E-state index contributed by atoms with van der Waals surface area (Å²) in [5, 5.41) is 3.74. The molecular weight excluding hydrogens is 222 g/mol. The van der Waals surface area contributed by atoms with Crippen molar-refractivity contribution in [3.05, 3.63) is 18.7 Å². The molecule has 1 aromatic rings. The molecule has 0 bridgehead atoms. The van der Waals surface area contributed by atoms with Gasteiger partial charge < -0.3 is 9.88 Å². The first kappa shape index (κ1) is 13.6. The molecule has 0 aromatic carbocycles. The molecule has 3 heteroatoms. The fourth-order valence-electron chi connectivity index (χ4n) is 2.80. The van der Waals surface area contributed by atoms with Crippen LogP contribution in [-0.4, -0.2) is 22.1 Å². The molecule has 1 aliphatic rings.